The normalized spacial score (nSPS) is 17.9. The van der Waals surface area contributed by atoms with E-state index in [-0.39, 0.29) is 11.7 Å². The number of ketones is 1. The SMILES string of the molecule is CCOC(C)(CC)C(=O)C(C)CC. The number of hydrogen-bond acceptors (Lipinski definition) is 2. The van der Waals surface area contributed by atoms with Crippen molar-refractivity contribution in [1.82, 2.24) is 0 Å². The molecule has 0 fully saturated rings. The summed E-state index contributed by atoms with van der Waals surface area (Å²) in [7, 11) is 0. The lowest BCUT2D eigenvalue weighted by atomic mass is 9.87. The molecule has 0 amide bonds. The van der Waals surface area contributed by atoms with Crippen molar-refractivity contribution in [3.8, 4) is 0 Å². The van der Waals surface area contributed by atoms with Crippen LogP contribution in [0.5, 0.6) is 0 Å². The molecule has 13 heavy (non-hydrogen) atoms. The molecule has 2 nitrogen and oxygen atoms in total. The second kappa shape index (κ2) is 5.38. The second-order valence-electron chi connectivity index (χ2n) is 3.69. The average molecular weight is 186 g/mol. The van der Waals surface area contributed by atoms with Gasteiger partial charge in [-0.3, -0.25) is 4.79 Å². The van der Waals surface area contributed by atoms with E-state index in [1.54, 1.807) is 0 Å². The zero-order valence-electron chi connectivity index (χ0n) is 9.52. The number of rotatable bonds is 6. The van der Waals surface area contributed by atoms with Gasteiger partial charge in [-0.1, -0.05) is 20.8 Å². The summed E-state index contributed by atoms with van der Waals surface area (Å²) in [6.07, 6.45) is 1.64. The van der Waals surface area contributed by atoms with Gasteiger partial charge in [0.2, 0.25) is 0 Å². The molecule has 0 aromatic heterocycles. The maximum Gasteiger partial charge on any atom is 0.167 e. The smallest absolute Gasteiger partial charge is 0.167 e. The van der Waals surface area contributed by atoms with Crippen LogP contribution in [-0.2, 0) is 9.53 Å². The molecule has 0 aromatic rings. The van der Waals surface area contributed by atoms with Crippen LogP contribution in [0.1, 0.15) is 47.5 Å². The van der Waals surface area contributed by atoms with Crippen LogP contribution in [0, 0.1) is 5.92 Å². The molecule has 0 rings (SSSR count). The Hall–Kier alpha value is -0.370. The summed E-state index contributed by atoms with van der Waals surface area (Å²) >= 11 is 0. The van der Waals surface area contributed by atoms with E-state index in [9.17, 15) is 4.79 Å². The second-order valence-corrected chi connectivity index (χ2v) is 3.69. The highest BCUT2D eigenvalue weighted by Crippen LogP contribution is 2.22. The Morgan fingerprint density at radius 1 is 1.38 bits per heavy atom. The molecule has 0 aromatic carbocycles. The Labute approximate surface area is 81.7 Å². The van der Waals surface area contributed by atoms with Gasteiger partial charge in [-0.15, -0.1) is 0 Å². The molecule has 0 heterocycles. The summed E-state index contributed by atoms with van der Waals surface area (Å²) in [5.41, 5.74) is -0.565. The van der Waals surface area contributed by atoms with Gasteiger partial charge in [-0.25, -0.2) is 0 Å². The topological polar surface area (TPSA) is 26.3 Å². The van der Waals surface area contributed by atoms with Crippen LogP contribution >= 0.6 is 0 Å². The lowest BCUT2D eigenvalue weighted by Gasteiger charge is -2.29. The van der Waals surface area contributed by atoms with Gasteiger partial charge in [0.1, 0.15) is 5.60 Å². The Bertz CT molecular complexity index is 165. The van der Waals surface area contributed by atoms with E-state index in [0.29, 0.717) is 6.61 Å². The Morgan fingerprint density at radius 2 is 1.92 bits per heavy atom. The third-order valence-corrected chi connectivity index (χ3v) is 2.72. The van der Waals surface area contributed by atoms with Gasteiger partial charge < -0.3 is 4.74 Å². The minimum Gasteiger partial charge on any atom is -0.368 e. The summed E-state index contributed by atoms with van der Waals surface area (Å²) in [5.74, 6) is 0.343. The highest BCUT2D eigenvalue weighted by molar-refractivity contribution is 5.88. The number of ether oxygens (including phenoxy) is 1. The highest BCUT2D eigenvalue weighted by Gasteiger charge is 2.34. The fourth-order valence-electron chi connectivity index (χ4n) is 1.37. The number of hydrogen-bond donors (Lipinski definition) is 0. The summed E-state index contributed by atoms with van der Waals surface area (Å²) in [4.78, 5) is 11.9. The van der Waals surface area contributed by atoms with Crippen molar-refractivity contribution in [3.63, 3.8) is 0 Å². The fraction of sp³-hybridized carbons (Fsp3) is 0.909. The number of carbonyl (C=O) groups excluding carboxylic acids is 1. The predicted molar refractivity (Wildman–Crippen MR) is 54.8 cm³/mol. The van der Waals surface area contributed by atoms with Crippen LogP contribution in [0.15, 0.2) is 0 Å². The molecular weight excluding hydrogens is 164 g/mol. The molecule has 0 radical (unpaired) electrons. The number of Topliss-reactive ketones (excluding diaryl/α,β-unsaturated/α-hetero) is 1. The quantitative estimate of drug-likeness (QED) is 0.637. The molecule has 0 aliphatic carbocycles. The molecule has 78 valence electrons. The van der Waals surface area contributed by atoms with Gasteiger partial charge >= 0.3 is 0 Å². The van der Waals surface area contributed by atoms with Gasteiger partial charge in [-0.05, 0) is 26.7 Å². The lowest BCUT2D eigenvalue weighted by molar-refractivity contribution is -0.146. The average Bonchev–Trinajstić information content (AvgIpc) is 2.15. The van der Waals surface area contributed by atoms with Crippen molar-refractivity contribution in [1.29, 1.82) is 0 Å². The van der Waals surface area contributed by atoms with Gasteiger partial charge in [0.05, 0.1) is 0 Å². The van der Waals surface area contributed by atoms with Gasteiger partial charge in [-0.2, -0.15) is 0 Å². The largest absolute Gasteiger partial charge is 0.368 e. The first-order valence-electron chi connectivity index (χ1n) is 5.20. The molecule has 0 bridgehead atoms. The Morgan fingerprint density at radius 3 is 2.23 bits per heavy atom. The molecule has 0 saturated heterocycles. The van der Waals surface area contributed by atoms with Gasteiger partial charge in [0, 0.05) is 12.5 Å². The molecule has 0 N–H and O–H groups in total. The van der Waals surface area contributed by atoms with Gasteiger partial charge in [0.15, 0.2) is 5.78 Å². The van der Waals surface area contributed by atoms with Crippen molar-refractivity contribution in [2.45, 2.75) is 53.1 Å². The van der Waals surface area contributed by atoms with E-state index in [1.165, 1.54) is 0 Å². The zero-order valence-corrected chi connectivity index (χ0v) is 9.52. The third-order valence-electron chi connectivity index (χ3n) is 2.72. The summed E-state index contributed by atoms with van der Waals surface area (Å²) < 4.78 is 5.51. The number of carbonyl (C=O) groups is 1. The highest BCUT2D eigenvalue weighted by atomic mass is 16.5. The summed E-state index contributed by atoms with van der Waals surface area (Å²) in [5, 5.41) is 0. The predicted octanol–water partition coefficient (Wildman–Crippen LogP) is 2.81. The van der Waals surface area contributed by atoms with E-state index in [1.807, 2.05) is 34.6 Å². The Kier molecular flexibility index (Phi) is 5.23. The summed E-state index contributed by atoms with van der Waals surface area (Å²) in [6, 6.07) is 0. The van der Waals surface area contributed by atoms with Crippen molar-refractivity contribution in [2.24, 2.45) is 5.92 Å². The molecular formula is C11H22O2. The molecule has 2 unspecified atom stereocenters. The standard InChI is InChI=1S/C11H22O2/c1-6-9(4)10(12)11(5,7-2)13-8-3/h9H,6-8H2,1-5H3. The Balaban J connectivity index is 4.46. The van der Waals surface area contributed by atoms with E-state index < -0.39 is 5.60 Å². The minimum absolute atomic E-state index is 0.108. The third kappa shape index (κ3) is 3.11. The van der Waals surface area contributed by atoms with Crippen LogP contribution in [0.2, 0.25) is 0 Å². The minimum atomic E-state index is -0.565. The molecule has 0 saturated carbocycles. The monoisotopic (exact) mass is 186 g/mol. The maximum absolute atomic E-state index is 11.9. The molecule has 0 aliphatic heterocycles. The summed E-state index contributed by atoms with van der Waals surface area (Å²) in [6.45, 7) is 10.4. The fourth-order valence-corrected chi connectivity index (χ4v) is 1.37. The van der Waals surface area contributed by atoms with E-state index >= 15 is 0 Å². The van der Waals surface area contributed by atoms with Crippen LogP contribution in [0.3, 0.4) is 0 Å². The first-order valence-corrected chi connectivity index (χ1v) is 5.20. The lowest BCUT2D eigenvalue weighted by Crippen LogP contribution is -2.41. The molecule has 0 spiro atoms. The molecule has 2 heteroatoms. The van der Waals surface area contributed by atoms with E-state index in [0.717, 1.165) is 12.8 Å². The van der Waals surface area contributed by atoms with Crippen LogP contribution < -0.4 is 0 Å². The van der Waals surface area contributed by atoms with Gasteiger partial charge in [0.25, 0.3) is 0 Å². The first-order chi connectivity index (χ1) is 6.01. The van der Waals surface area contributed by atoms with Crippen molar-refractivity contribution in [2.75, 3.05) is 6.61 Å². The zero-order chi connectivity index (χ0) is 10.5. The van der Waals surface area contributed by atoms with Crippen LogP contribution in [0.25, 0.3) is 0 Å². The van der Waals surface area contributed by atoms with Crippen molar-refractivity contribution >= 4 is 5.78 Å². The van der Waals surface area contributed by atoms with Crippen LogP contribution in [-0.4, -0.2) is 18.0 Å². The van der Waals surface area contributed by atoms with E-state index in [4.69, 9.17) is 4.74 Å². The van der Waals surface area contributed by atoms with E-state index in [2.05, 4.69) is 0 Å². The van der Waals surface area contributed by atoms with Crippen molar-refractivity contribution < 1.29 is 9.53 Å². The van der Waals surface area contributed by atoms with Crippen LogP contribution in [0.4, 0.5) is 0 Å². The first kappa shape index (κ1) is 12.6. The maximum atomic E-state index is 11.9. The van der Waals surface area contributed by atoms with Crippen molar-refractivity contribution in [3.05, 3.63) is 0 Å². The molecule has 2 atom stereocenters. The molecule has 0 aliphatic rings.